The van der Waals surface area contributed by atoms with Gasteiger partial charge in [-0.2, -0.15) is 0 Å². The largest absolute Gasteiger partial charge is 0.456 e. The lowest BCUT2D eigenvalue weighted by Crippen LogP contribution is -2.89. The van der Waals surface area contributed by atoms with Crippen LogP contribution in [-0.2, 0) is 20.7 Å². The number of nitrogens with zero attached hydrogens (tertiary/aromatic N) is 1. The Balaban J connectivity index is 0.594. The summed E-state index contributed by atoms with van der Waals surface area (Å²) in [5.41, 5.74) is 20.6. The molecule has 0 bridgehead atoms. The highest BCUT2D eigenvalue weighted by Crippen LogP contribution is 2.45. The van der Waals surface area contributed by atoms with Crippen molar-refractivity contribution in [2.45, 2.75) is 170 Å². The fraction of sp³-hybridized carbons (Fsp3) is 0.383. The predicted octanol–water partition coefficient (Wildman–Crippen LogP) is 10.6. The summed E-state index contributed by atoms with van der Waals surface area (Å²) >= 11 is 0. The van der Waals surface area contributed by atoms with Crippen molar-refractivity contribution in [1.29, 1.82) is 0 Å². The molecule has 0 radical (unpaired) electrons. The number of unbranched alkanes of at least 4 members (excludes halogenated alkanes) is 3. The quantitative estimate of drug-likeness (QED) is 0.0347. The molecule has 12 rings (SSSR count). The number of rotatable bonds is 21. The summed E-state index contributed by atoms with van der Waals surface area (Å²) < 4.78 is 12.6. The van der Waals surface area contributed by atoms with Gasteiger partial charge in [0.2, 0.25) is 17.2 Å². The number of amides is 4. The first-order chi connectivity index (χ1) is 45.2. The van der Waals surface area contributed by atoms with Crippen LogP contribution in [0.3, 0.4) is 0 Å². The molecular formula is C81H93N8O6+. The van der Waals surface area contributed by atoms with E-state index in [1.807, 2.05) is 36.4 Å². The maximum absolute atomic E-state index is 14.0. The van der Waals surface area contributed by atoms with Crippen LogP contribution in [0.2, 0.25) is 0 Å². The minimum absolute atomic E-state index is 0.0623. The second kappa shape index (κ2) is 26.2. The Morgan fingerprint density at radius 2 is 1.17 bits per heavy atom. The highest BCUT2D eigenvalue weighted by atomic mass is 16.5. The minimum Gasteiger partial charge on any atom is -0.456 e. The third kappa shape index (κ3) is 14.3. The molecule has 14 nitrogen and oxygen atoms in total. The summed E-state index contributed by atoms with van der Waals surface area (Å²) in [6.07, 6.45) is 14.6. The van der Waals surface area contributed by atoms with Gasteiger partial charge in [0, 0.05) is 107 Å². The number of allylic oxidation sites excluding steroid dienone is 4. The molecule has 0 saturated carbocycles. The molecule has 0 saturated heterocycles. The van der Waals surface area contributed by atoms with Crippen molar-refractivity contribution in [3.8, 4) is 11.5 Å². The zero-order valence-electron chi connectivity index (χ0n) is 57.7. The van der Waals surface area contributed by atoms with Crippen LogP contribution in [0.5, 0.6) is 11.5 Å². The second-order valence-electron chi connectivity index (χ2n) is 29.2. The van der Waals surface area contributed by atoms with Gasteiger partial charge in [-0.15, -0.1) is 0 Å². The predicted molar refractivity (Wildman–Crippen MR) is 381 cm³/mol. The molecule has 0 fully saturated rings. The van der Waals surface area contributed by atoms with Gasteiger partial charge in [-0.25, -0.2) is 4.99 Å². The van der Waals surface area contributed by atoms with Crippen molar-refractivity contribution in [1.82, 2.24) is 21.3 Å². The number of fused-ring (bicyclic) bond motifs is 8. The standard InChI is InChI=1S/C81H92N8O6/c1-14-15-19-65(85-76(92)54-27-23-52(24-28-54)74-63-39-59-49(4)45-80(10,11)88-68(59)41-70(63)95-71-42-69-60(40-64(71)74)50(5)46-81(12,13)89-69)77(93)84-31-33-94-32-30-82-72(90)20-17-16-18-29-83-75(91)53-25-21-51(22-26-53)73-61-37-57-47(2)43-78(6,7)86-66(57)35-55(61)34-56-36-67-58(38-62(56)73)48(3)44-79(8,9)87-67/h21-28,35-46,65,86,88H,14-20,29-34H2,1-13H3,(H,82,90)(H,83,91)(H,84,93)(H,85,92)/p+1. The van der Waals surface area contributed by atoms with Gasteiger partial charge in [-0.3, -0.25) is 24.2 Å². The summed E-state index contributed by atoms with van der Waals surface area (Å²) in [6, 6.07) is 32.9. The fourth-order valence-electron chi connectivity index (χ4n) is 14.9. The molecule has 1 unspecified atom stereocenters. The van der Waals surface area contributed by atoms with E-state index >= 15 is 0 Å². The average Bonchev–Trinajstić information content (AvgIpc) is 0.736. The van der Waals surface area contributed by atoms with Crippen molar-refractivity contribution < 1.29 is 33.6 Å². The summed E-state index contributed by atoms with van der Waals surface area (Å²) in [4.78, 5) is 62.6. The number of carbonyl (C=O) groups is 4. The Morgan fingerprint density at radius 1 is 0.568 bits per heavy atom. The Kier molecular flexibility index (Phi) is 18.2. The lowest BCUT2D eigenvalue weighted by molar-refractivity contribution is -0.568. The number of anilines is 2. The Hall–Kier alpha value is -9.14. The van der Waals surface area contributed by atoms with E-state index in [1.54, 1.807) is 0 Å². The molecule has 492 valence electrons. The van der Waals surface area contributed by atoms with Gasteiger partial charge in [0.15, 0.2) is 5.54 Å². The monoisotopic (exact) mass is 1270 g/mol. The van der Waals surface area contributed by atoms with E-state index in [9.17, 15) is 19.2 Å². The van der Waals surface area contributed by atoms with Gasteiger partial charge in [-0.05, 0) is 223 Å². The molecule has 6 aromatic rings. The lowest BCUT2D eigenvalue weighted by Gasteiger charge is -2.33. The molecular weight excluding hydrogens is 1180 g/mol. The Bertz CT molecular complexity index is 4540. The highest BCUT2D eigenvalue weighted by molar-refractivity contribution is 5.99. The van der Waals surface area contributed by atoms with Gasteiger partial charge < -0.3 is 41.4 Å². The molecule has 7 N–H and O–H groups in total. The SMILES string of the molecule is CCCCC(NC(=O)c1ccc(C2=c3cc4c(cc3Oc3cc5c(cc32)C(C)=CC(C)(C)N5)=[NH+]C(C)(C)C=C4C)cc1)C(=O)NCCOCCNC(=O)CCCCCNC(=O)c1ccc(C2=c3cc4c(cc3Cc3cc5c(cc32)C(C)=CC(C)(C)N5)=NC(C)(C)C=C4C)cc1. The van der Waals surface area contributed by atoms with Crippen LogP contribution in [-0.4, -0.2) is 84.7 Å². The third-order valence-electron chi connectivity index (χ3n) is 19.0. The van der Waals surface area contributed by atoms with Crippen molar-refractivity contribution in [2.75, 3.05) is 43.5 Å². The zero-order chi connectivity index (χ0) is 67.3. The van der Waals surface area contributed by atoms with Crippen LogP contribution in [0, 0.1) is 0 Å². The topological polar surface area (TPSA) is 185 Å². The van der Waals surface area contributed by atoms with Crippen LogP contribution in [0.4, 0.5) is 11.4 Å². The third-order valence-corrected chi connectivity index (χ3v) is 19.0. The van der Waals surface area contributed by atoms with E-state index < -0.39 is 6.04 Å². The normalized spacial score (nSPS) is 17.0. The van der Waals surface area contributed by atoms with Crippen molar-refractivity contribution in [2.24, 2.45) is 4.99 Å². The second-order valence-corrected chi connectivity index (χ2v) is 29.2. The first kappa shape index (κ1) is 65.9. The van der Waals surface area contributed by atoms with Crippen LogP contribution in [0.1, 0.15) is 211 Å². The van der Waals surface area contributed by atoms with E-state index in [0.29, 0.717) is 43.5 Å². The molecule has 1 atom stereocenters. The van der Waals surface area contributed by atoms with Gasteiger partial charge in [0.1, 0.15) is 17.5 Å². The molecule has 5 heterocycles. The van der Waals surface area contributed by atoms with Crippen LogP contribution in [0.15, 0.2) is 126 Å². The van der Waals surface area contributed by atoms with Crippen LogP contribution in [0.25, 0.3) is 33.4 Å². The maximum atomic E-state index is 14.0. The average molecular weight is 1270 g/mol. The Labute approximate surface area is 559 Å². The minimum atomic E-state index is -0.731. The molecule has 4 amide bonds. The summed E-state index contributed by atoms with van der Waals surface area (Å²) in [5.74, 6) is 0.714. The van der Waals surface area contributed by atoms with E-state index in [-0.39, 0.29) is 65.5 Å². The molecule has 6 aliphatic rings. The van der Waals surface area contributed by atoms with E-state index in [4.69, 9.17) is 14.5 Å². The van der Waals surface area contributed by atoms with Gasteiger partial charge in [-0.1, -0.05) is 68.7 Å². The maximum Gasteiger partial charge on any atom is 0.251 e. The first-order valence-electron chi connectivity index (χ1n) is 34.1. The van der Waals surface area contributed by atoms with Crippen LogP contribution >= 0.6 is 0 Å². The molecule has 5 aliphatic heterocycles. The van der Waals surface area contributed by atoms with E-state index in [1.165, 1.54) is 49.8 Å². The molecule has 95 heavy (non-hydrogen) atoms. The first-order valence-corrected chi connectivity index (χ1v) is 34.1. The Morgan fingerprint density at radius 3 is 1.84 bits per heavy atom. The van der Waals surface area contributed by atoms with Gasteiger partial charge in [0.25, 0.3) is 11.8 Å². The van der Waals surface area contributed by atoms with E-state index in [2.05, 4.69) is 212 Å². The van der Waals surface area contributed by atoms with Crippen molar-refractivity contribution >= 4 is 68.4 Å². The number of hydrogen-bond donors (Lipinski definition) is 7. The zero-order valence-corrected chi connectivity index (χ0v) is 57.7. The number of ether oxygens (including phenoxy) is 2. The number of nitrogens with one attached hydrogen (secondary N) is 7. The van der Waals surface area contributed by atoms with Crippen molar-refractivity contribution in [3.63, 3.8) is 0 Å². The summed E-state index contributed by atoms with van der Waals surface area (Å²) in [6.45, 7) is 29.7. The smallest absolute Gasteiger partial charge is 0.251 e. The number of carbonyl (C=O) groups excluding carboxylic acids is 4. The number of hydrogen-bond acceptors (Lipinski definition) is 9. The molecule has 6 aromatic carbocycles. The molecule has 14 heteroatoms. The van der Waals surface area contributed by atoms with Gasteiger partial charge >= 0.3 is 0 Å². The summed E-state index contributed by atoms with van der Waals surface area (Å²) in [7, 11) is 0. The summed E-state index contributed by atoms with van der Waals surface area (Å²) in [5, 5.41) is 23.7. The van der Waals surface area contributed by atoms with Crippen LogP contribution < -0.4 is 62.8 Å². The highest BCUT2D eigenvalue weighted by Gasteiger charge is 2.33. The molecule has 0 spiro atoms. The van der Waals surface area contributed by atoms with Gasteiger partial charge in [0.05, 0.1) is 41.3 Å². The van der Waals surface area contributed by atoms with E-state index in [0.717, 1.165) is 115 Å². The lowest BCUT2D eigenvalue weighted by atomic mass is 9.79. The van der Waals surface area contributed by atoms with Crippen molar-refractivity contribution in [3.05, 3.63) is 209 Å². The molecule has 1 aliphatic carbocycles. The fourth-order valence-corrected chi connectivity index (χ4v) is 14.9. The number of benzene rings is 6. The molecule has 0 aromatic heterocycles.